The minimum Gasteiger partial charge on any atom is -0.376 e. The van der Waals surface area contributed by atoms with Crippen molar-refractivity contribution < 1.29 is 4.79 Å². The number of benzene rings is 2. The molecule has 37 heavy (non-hydrogen) atoms. The van der Waals surface area contributed by atoms with E-state index in [0.717, 1.165) is 35.8 Å². The van der Waals surface area contributed by atoms with E-state index in [9.17, 15) is 4.79 Å². The van der Waals surface area contributed by atoms with E-state index < -0.39 is 0 Å². The summed E-state index contributed by atoms with van der Waals surface area (Å²) in [6.45, 7) is 13.3. The Morgan fingerprint density at radius 1 is 1.08 bits per heavy atom. The molecule has 3 aromatic rings. The molecular weight excluding hydrogens is 476 g/mol. The number of hydrogen-bond acceptors (Lipinski definition) is 5. The summed E-state index contributed by atoms with van der Waals surface area (Å²) < 4.78 is 0. The summed E-state index contributed by atoms with van der Waals surface area (Å²) in [6, 6.07) is 20.8. The maximum atomic E-state index is 14.0. The van der Waals surface area contributed by atoms with Gasteiger partial charge in [0.25, 0.3) is 0 Å². The van der Waals surface area contributed by atoms with Crippen molar-refractivity contribution in [3.63, 3.8) is 0 Å². The van der Waals surface area contributed by atoms with E-state index in [4.69, 9.17) is 4.98 Å². The Bertz CT molecular complexity index is 1150. The maximum Gasteiger partial charge on any atom is 0.246 e. The van der Waals surface area contributed by atoms with Crippen molar-refractivity contribution in [3.05, 3.63) is 100 Å². The van der Waals surface area contributed by atoms with E-state index in [1.165, 1.54) is 11.1 Å². The summed E-state index contributed by atoms with van der Waals surface area (Å²) in [5, 5.41) is 9.87. The normalized spacial score (nSPS) is 17.6. The molecule has 1 saturated heterocycles. The molecule has 5 nitrogen and oxygen atoms in total. The van der Waals surface area contributed by atoms with Gasteiger partial charge in [0.05, 0.1) is 17.7 Å². The van der Waals surface area contributed by atoms with Gasteiger partial charge in [-0.2, -0.15) is 0 Å². The van der Waals surface area contributed by atoms with Crippen molar-refractivity contribution in [2.24, 2.45) is 5.41 Å². The molecule has 2 aromatic carbocycles. The second kappa shape index (κ2) is 11.6. The molecular formula is C31H40N4OS. The Morgan fingerprint density at radius 2 is 1.68 bits per heavy atom. The van der Waals surface area contributed by atoms with Crippen molar-refractivity contribution >= 4 is 17.2 Å². The van der Waals surface area contributed by atoms with Crippen molar-refractivity contribution in [1.82, 2.24) is 20.5 Å². The highest BCUT2D eigenvalue weighted by atomic mass is 32.1. The Morgan fingerprint density at radius 3 is 2.22 bits per heavy atom. The van der Waals surface area contributed by atoms with E-state index in [1.54, 1.807) is 11.3 Å². The zero-order chi connectivity index (χ0) is 26.6. The molecule has 3 atom stereocenters. The first-order chi connectivity index (χ1) is 17.7. The van der Waals surface area contributed by atoms with Gasteiger partial charge in [-0.1, -0.05) is 88.0 Å². The average molecular weight is 517 g/mol. The molecule has 0 radical (unpaired) electrons. The minimum absolute atomic E-state index is 0.0000793. The summed E-state index contributed by atoms with van der Waals surface area (Å²) in [4.78, 5) is 21.2. The number of nitrogens with one attached hydrogen (secondary N) is 2. The second-order valence-corrected chi connectivity index (χ2v) is 11.9. The number of carbonyl (C=O) groups is 1. The number of nitrogens with zero attached hydrogens (tertiary/aromatic N) is 2. The highest BCUT2D eigenvalue weighted by molar-refractivity contribution is 7.09. The summed E-state index contributed by atoms with van der Waals surface area (Å²) in [6.07, 6.45) is 1.92. The van der Waals surface area contributed by atoms with Crippen LogP contribution in [0.5, 0.6) is 0 Å². The molecule has 2 heterocycles. The molecule has 0 bridgehead atoms. The summed E-state index contributed by atoms with van der Waals surface area (Å²) >= 11 is 1.67. The van der Waals surface area contributed by atoms with Gasteiger partial charge in [0.1, 0.15) is 11.0 Å². The first-order valence-corrected chi connectivity index (χ1v) is 14.1. The number of likely N-dealkylation sites (tertiary alicyclic amines) is 1. The van der Waals surface area contributed by atoms with Gasteiger partial charge in [-0.05, 0) is 43.4 Å². The van der Waals surface area contributed by atoms with Crippen LogP contribution in [0.1, 0.15) is 74.3 Å². The second-order valence-electron chi connectivity index (χ2n) is 11.0. The van der Waals surface area contributed by atoms with Crippen molar-refractivity contribution in [2.75, 3.05) is 13.6 Å². The van der Waals surface area contributed by atoms with Crippen LogP contribution in [0.4, 0.5) is 0 Å². The first-order valence-electron chi connectivity index (χ1n) is 13.2. The molecule has 0 saturated carbocycles. The van der Waals surface area contributed by atoms with Crippen molar-refractivity contribution in [3.8, 4) is 0 Å². The third-order valence-electron chi connectivity index (χ3n) is 7.32. The predicted molar refractivity (Wildman–Crippen MR) is 154 cm³/mol. The van der Waals surface area contributed by atoms with E-state index in [-0.39, 0.29) is 35.4 Å². The summed E-state index contributed by atoms with van der Waals surface area (Å²) in [5.41, 5.74) is 4.05. The lowest BCUT2D eigenvalue weighted by atomic mass is 9.85. The minimum atomic E-state index is -0.364. The fraction of sp³-hybridized carbons (Fsp3) is 0.419. The zero-order valence-corrected chi connectivity index (χ0v) is 23.5. The average Bonchev–Trinajstić information content (AvgIpc) is 3.57. The smallest absolute Gasteiger partial charge is 0.246 e. The van der Waals surface area contributed by atoms with Crippen LogP contribution in [0.3, 0.4) is 0 Å². The number of carbonyl (C=O) groups excluding carboxylic acids is 1. The fourth-order valence-electron chi connectivity index (χ4n) is 5.00. The van der Waals surface area contributed by atoms with Gasteiger partial charge in [0, 0.05) is 23.7 Å². The largest absolute Gasteiger partial charge is 0.376 e. The van der Waals surface area contributed by atoms with Crippen LogP contribution in [0.25, 0.3) is 0 Å². The SMILES string of the molecule is C=C(N[C@H](C(=O)N1CCCC1c1nc(C(c2ccccc2)c2ccccc2)cs1)C(C)(C)C)[C@H](C)NC. The van der Waals surface area contributed by atoms with Gasteiger partial charge in [0.2, 0.25) is 5.91 Å². The molecule has 1 aliphatic rings. The molecule has 1 aromatic heterocycles. The first kappa shape index (κ1) is 27.1. The Balaban J connectivity index is 1.62. The number of aromatic nitrogens is 1. The van der Waals surface area contributed by atoms with Crippen LogP contribution >= 0.6 is 11.3 Å². The van der Waals surface area contributed by atoms with E-state index >= 15 is 0 Å². The molecule has 2 N–H and O–H groups in total. The lowest BCUT2D eigenvalue weighted by molar-refractivity contribution is -0.136. The molecule has 1 amide bonds. The third kappa shape index (κ3) is 6.13. The standard InChI is InChI=1S/C31H40N4OS/c1-21(32-6)22(2)33-28(31(3,4)5)30(36)35-19-13-18-26(35)29-34-25(20-37-29)27(23-14-9-7-10-15-23)24-16-11-8-12-17-24/h7-12,14-17,20-21,26-28,32-33H,2,13,18-19H2,1,3-6H3/t21-,26?,28+/m0/s1. The number of amides is 1. The molecule has 1 fully saturated rings. The molecule has 196 valence electrons. The molecule has 1 unspecified atom stereocenters. The zero-order valence-electron chi connectivity index (χ0n) is 22.7. The van der Waals surface area contributed by atoms with Crippen LogP contribution in [0.15, 0.2) is 78.3 Å². The highest BCUT2D eigenvalue weighted by Crippen LogP contribution is 2.39. The predicted octanol–water partition coefficient (Wildman–Crippen LogP) is 6.11. The van der Waals surface area contributed by atoms with E-state index in [2.05, 4.69) is 91.9 Å². The monoisotopic (exact) mass is 516 g/mol. The highest BCUT2D eigenvalue weighted by Gasteiger charge is 2.40. The lowest BCUT2D eigenvalue weighted by Gasteiger charge is -2.37. The number of thiazole rings is 1. The topological polar surface area (TPSA) is 57.3 Å². The maximum absolute atomic E-state index is 14.0. The van der Waals surface area contributed by atoms with Gasteiger partial charge in [-0.25, -0.2) is 4.98 Å². The number of likely N-dealkylation sites (N-methyl/N-ethyl adjacent to an activating group) is 1. The summed E-state index contributed by atoms with van der Waals surface area (Å²) in [5.74, 6) is 0.187. The summed E-state index contributed by atoms with van der Waals surface area (Å²) in [7, 11) is 1.90. The van der Waals surface area contributed by atoms with Crippen LogP contribution in [0, 0.1) is 5.41 Å². The van der Waals surface area contributed by atoms with E-state index in [1.807, 2.05) is 31.0 Å². The van der Waals surface area contributed by atoms with Gasteiger partial charge >= 0.3 is 0 Å². The van der Waals surface area contributed by atoms with Gasteiger partial charge < -0.3 is 15.5 Å². The van der Waals surface area contributed by atoms with E-state index in [0.29, 0.717) is 0 Å². The molecule has 1 aliphatic heterocycles. The van der Waals surface area contributed by atoms with Crippen molar-refractivity contribution in [2.45, 2.75) is 64.6 Å². The van der Waals surface area contributed by atoms with Gasteiger partial charge in [-0.15, -0.1) is 11.3 Å². The van der Waals surface area contributed by atoms with Crippen LogP contribution in [-0.2, 0) is 4.79 Å². The Labute approximate surface area is 226 Å². The molecule has 0 spiro atoms. The molecule has 6 heteroatoms. The van der Waals surface area contributed by atoms with Crippen LogP contribution < -0.4 is 10.6 Å². The molecule has 0 aliphatic carbocycles. The van der Waals surface area contributed by atoms with Crippen LogP contribution in [0.2, 0.25) is 0 Å². The lowest BCUT2D eigenvalue weighted by Crippen LogP contribution is -2.54. The number of hydrogen-bond donors (Lipinski definition) is 2. The Kier molecular flexibility index (Phi) is 8.50. The molecule has 4 rings (SSSR count). The van der Waals surface area contributed by atoms with Crippen molar-refractivity contribution in [1.29, 1.82) is 0 Å². The van der Waals surface area contributed by atoms with Gasteiger partial charge in [0.15, 0.2) is 0 Å². The quantitative estimate of drug-likeness (QED) is 0.360. The fourth-order valence-corrected chi connectivity index (χ4v) is 5.99. The number of rotatable bonds is 9. The third-order valence-corrected chi connectivity index (χ3v) is 8.28. The van der Waals surface area contributed by atoms with Gasteiger partial charge in [-0.3, -0.25) is 4.79 Å². The Hall–Kier alpha value is -2.96. The van der Waals surface area contributed by atoms with Crippen LogP contribution in [-0.4, -0.2) is 41.5 Å².